The van der Waals surface area contributed by atoms with Crippen LogP contribution in [0.3, 0.4) is 0 Å². The SMILES string of the molecule is COc1c(N2CCN(Cc3ccc(C4=NCC(SC)C4)o3)CC2)c(F)cc2c(=O)c(C(=O)O)cn(C3CC3)c12. The molecule has 3 aliphatic rings. The number of fused-ring (bicyclic) bond motifs is 1. The molecule has 1 aromatic carbocycles. The Bertz CT molecular complexity index is 1520. The summed E-state index contributed by atoms with van der Waals surface area (Å²) in [6.45, 7) is 4.01. The van der Waals surface area contributed by atoms with Gasteiger partial charge in [0.05, 0.1) is 36.8 Å². The van der Waals surface area contributed by atoms with Gasteiger partial charge in [-0.3, -0.25) is 14.7 Å². The molecule has 206 valence electrons. The molecule has 2 aliphatic heterocycles. The highest BCUT2D eigenvalue weighted by Gasteiger charge is 2.32. The van der Waals surface area contributed by atoms with Crippen molar-refractivity contribution in [3.63, 3.8) is 0 Å². The van der Waals surface area contributed by atoms with E-state index in [9.17, 15) is 14.7 Å². The van der Waals surface area contributed by atoms with Crippen molar-refractivity contribution in [1.29, 1.82) is 0 Å². The van der Waals surface area contributed by atoms with Crippen molar-refractivity contribution in [1.82, 2.24) is 9.47 Å². The van der Waals surface area contributed by atoms with E-state index in [-0.39, 0.29) is 22.7 Å². The van der Waals surface area contributed by atoms with Crippen LogP contribution in [0.4, 0.5) is 10.1 Å². The Kier molecular flexibility index (Phi) is 6.88. The lowest BCUT2D eigenvalue weighted by Crippen LogP contribution is -2.46. The highest BCUT2D eigenvalue weighted by molar-refractivity contribution is 7.99. The molecule has 0 amide bonds. The fourth-order valence-electron chi connectivity index (χ4n) is 5.59. The lowest BCUT2D eigenvalue weighted by atomic mass is 10.1. The minimum absolute atomic E-state index is 0.0304. The fourth-order valence-corrected chi connectivity index (χ4v) is 6.13. The van der Waals surface area contributed by atoms with Crippen LogP contribution in [0, 0.1) is 5.82 Å². The molecule has 2 aromatic heterocycles. The number of rotatable bonds is 8. The molecule has 1 aliphatic carbocycles. The number of methoxy groups -OCH3 is 1. The molecule has 2 fully saturated rings. The number of thioether (sulfide) groups is 1. The Balaban J connectivity index is 1.23. The number of nitrogens with zero attached hydrogens (tertiary/aromatic N) is 4. The summed E-state index contributed by atoms with van der Waals surface area (Å²) in [5.41, 5.74) is 0.736. The van der Waals surface area contributed by atoms with Crippen molar-refractivity contribution in [2.24, 2.45) is 4.99 Å². The van der Waals surface area contributed by atoms with Crippen LogP contribution in [0.2, 0.25) is 0 Å². The maximum Gasteiger partial charge on any atom is 0.341 e. The number of carbonyl (C=O) groups is 1. The van der Waals surface area contributed by atoms with Crippen LogP contribution < -0.4 is 15.1 Å². The molecule has 3 aromatic rings. The zero-order chi connectivity index (χ0) is 27.3. The van der Waals surface area contributed by atoms with E-state index in [1.165, 1.54) is 19.4 Å². The summed E-state index contributed by atoms with van der Waals surface area (Å²) in [7, 11) is 1.46. The summed E-state index contributed by atoms with van der Waals surface area (Å²) in [5, 5.41) is 10.1. The number of benzene rings is 1. The first-order valence-corrected chi connectivity index (χ1v) is 14.5. The topological polar surface area (TPSA) is 101 Å². The van der Waals surface area contributed by atoms with Crippen LogP contribution in [0.1, 0.15) is 47.2 Å². The quantitative estimate of drug-likeness (QED) is 0.446. The van der Waals surface area contributed by atoms with E-state index in [4.69, 9.17) is 9.15 Å². The summed E-state index contributed by atoms with van der Waals surface area (Å²) < 4.78 is 29.2. The molecule has 4 heterocycles. The predicted molar refractivity (Wildman–Crippen MR) is 149 cm³/mol. The molecule has 1 saturated heterocycles. The van der Waals surface area contributed by atoms with E-state index in [1.807, 2.05) is 28.8 Å². The van der Waals surface area contributed by atoms with Crippen molar-refractivity contribution >= 4 is 40.0 Å². The third-order valence-corrected chi connectivity index (χ3v) is 8.81. The lowest BCUT2D eigenvalue weighted by molar-refractivity contribution is 0.0694. The number of piperazine rings is 1. The summed E-state index contributed by atoms with van der Waals surface area (Å²) in [6.07, 6.45) is 6.15. The van der Waals surface area contributed by atoms with Gasteiger partial charge in [0, 0.05) is 50.1 Å². The van der Waals surface area contributed by atoms with Gasteiger partial charge >= 0.3 is 5.97 Å². The first-order chi connectivity index (χ1) is 18.9. The van der Waals surface area contributed by atoms with Crippen molar-refractivity contribution < 1.29 is 23.4 Å². The zero-order valence-corrected chi connectivity index (χ0v) is 22.8. The molecule has 39 heavy (non-hydrogen) atoms. The number of carboxylic acid groups (broad SMARTS) is 1. The van der Waals surface area contributed by atoms with Crippen LogP contribution in [0.15, 0.2) is 38.6 Å². The largest absolute Gasteiger partial charge is 0.492 e. The Morgan fingerprint density at radius 1 is 1.26 bits per heavy atom. The molecule has 11 heteroatoms. The van der Waals surface area contributed by atoms with Crippen molar-refractivity contribution in [3.05, 3.63) is 57.5 Å². The summed E-state index contributed by atoms with van der Waals surface area (Å²) in [5.74, 6) is 0.0871. The molecule has 1 atom stereocenters. The van der Waals surface area contributed by atoms with Gasteiger partial charge in [0.1, 0.15) is 22.8 Å². The monoisotopic (exact) mass is 554 g/mol. The molecule has 0 radical (unpaired) electrons. The normalized spacial score (nSPS) is 20.0. The maximum atomic E-state index is 15.6. The van der Waals surface area contributed by atoms with Crippen LogP contribution in [-0.4, -0.2) is 77.6 Å². The molecule has 0 spiro atoms. The molecule has 9 nitrogen and oxygen atoms in total. The first-order valence-electron chi connectivity index (χ1n) is 13.2. The molecular weight excluding hydrogens is 523 g/mol. The number of hydrogen-bond donors (Lipinski definition) is 1. The van der Waals surface area contributed by atoms with Crippen LogP contribution in [-0.2, 0) is 6.54 Å². The zero-order valence-electron chi connectivity index (χ0n) is 22.0. The molecule has 1 saturated carbocycles. The first kappa shape index (κ1) is 25.9. The van der Waals surface area contributed by atoms with Gasteiger partial charge in [-0.2, -0.15) is 11.8 Å². The van der Waals surface area contributed by atoms with E-state index in [0.717, 1.165) is 43.0 Å². The Hall–Kier alpha value is -3.31. The minimum Gasteiger partial charge on any atom is -0.492 e. The Labute approximate surface area is 229 Å². The van der Waals surface area contributed by atoms with Crippen LogP contribution in [0.25, 0.3) is 10.9 Å². The van der Waals surface area contributed by atoms with E-state index in [1.54, 1.807) is 4.57 Å². The van der Waals surface area contributed by atoms with Gasteiger partial charge < -0.3 is 23.7 Å². The third kappa shape index (κ3) is 4.82. The van der Waals surface area contributed by atoms with Gasteiger partial charge in [0.25, 0.3) is 0 Å². The molecular formula is C28H31FN4O5S. The van der Waals surface area contributed by atoms with E-state index >= 15 is 4.39 Å². The number of hydrogen-bond acceptors (Lipinski definition) is 8. The second-order valence-electron chi connectivity index (χ2n) is 10.3. The molecule has 1 N–H and O–H groups in total. The summed E-state index contributed by atoms with van der Waals surface area (Å²) >= 11 is 1.83. The summed E-state index contributed by atoms with van der Waals surface area (Å²) in [4.78, 5) is 33.5. The van der Waals surface area contributed by atoms with Gasteiger partial charge in [0.15, 0.2) is 11.6 Å². The van der Waals surface area contributed by atoms with Gasteiger partial charge in [-0.25, -0.2) is 9.18 Å². The van der Waals surface area contributed by atoms with Gasteiger partial charge in [-0.15, -0.1) is 0 Å². The number of aliphatic imine (C=N–C) groups is 1. The highest BCUT2D eigenvalue weighted by Crippen LogP contribution is 2.43. The fraction of sp³-hybridized carbons (Fsp3) is 0.464. The predicted octanol–water partition coefficient (Wildman–Crippen LogP) is 4.02. The average molecular weight is 555 g/mol. The second-order valence-corrected chi connectivity index (χ2v) is 11.5. The summed E-state index contributed by atoms with van der Waals surface area (Å²) in [6, 6.07) is 5.24. The Morgan fingerprint density at radius 3 is 2.67 bits per heavy atom. The van der Waals surface area contributed by atoms with Crippen LogP contribution in [0.5, 0.6) is 5.75 Å². The van der Waals surface area contributed by atoms with E-state index in [0.29, 0.717) is 49.2 Å². The standard InChI is InChI=1S/C28H31FN4O5S/c1-37-27-24-19(26(34)20(28(35)36)15-33(24)16-3-4-16)12-21(29)25(27)32-9-7-31(8-10-32)14-17-5-6-23(38-17)22-11-18(39-2)13-30-22/h5-6,12,15-16,18H,3-4,7-11,13-14H2,1-2H3,(H,35,36). The number of carboxylic acids is 1. The lowest BCUT2D eigenvalue weighted by Gasteiger charge is -2.36. The number of anilines is 1. The van der Waals surface area contributed by atoms with Gasteiger partial charge in [0.2, 0.25) is 5.43 Å². The van der Waals surface area contributed by atoms with E-state index in [2.05, 4.69) is 16.1 Å². The van der Waals surface area contributed by atoms with E-state index < -0.39 is 17.2 Å². The van der Waals surface area contributed by atoms with Gasteiger partial charge in [-0.05, 0) is 37.3 Å². The smallest absolute Gasteiger partial charge is 0.341 e. The van der Waals surface area contributed by atoms with Crippen molar-refractivity contribution in [2.45, 2.75) is 37.1 Å². The van der Waals surface area contributed by atoms with Crippen molar-refractivity contribution in [3.8, 4) is 5.75 Å². The minimum atomic E-state index is -1.32. The maximum absolute atomic E-state index is 15.6. The second kappa shape index (κ2) is 10.3. The van der Waals surface area contributed by atoms with Gasteiger partial charge in [-0.1, -0.05) is 0 Å². The van der Waals surface area contributed by atoms with Crippen molar-refractivity contribution in [2.75, 3.05) is 51.0 Å². The average Bonchev–Trinajstić information content (AvgIpc) is 3.47. The number of aromatic carboxylic acids is 1. The number of aromatic nitrogens is 1. The Morgan fingerprint density at radius 2 is 2.03 bits per heavy atom. The number of pyridine rings is 1. The van der Waals surface area contributed by atoms with Crippen LogP contribution >= 0.6 is 11.8 Å². The number of furan rings is 1. The highest BCUT2D eigenvalue weighted by atomic mass is 32.2. The molecule has 1 unspecified atom stereocenters. The number of halogens is 1. The molecule has 6 rings (SSSR count). The molecule has 0 bridgehead atoms. The number of ether oxygens (including phenoxy) is 1. The third-order valence-electron chi connectivity index (χ3n) is 7.83.